The number of carbonyl (C=O) groups excluding carboxylic acids is 1. The van der Waals surface area contributed by atoms with Crippen molar-refractivity contribution >= 4 is 21.6 Å². The van der Waals surface area contributed by atoms with Crippen molar-refractivity contribution in [1.82, 2.24) is 4.72 Å². The molecule has 0 aromatic heterocycles. The van der Waals surface area contributed by atoms with Crippen LogP contribution in [-0.4, -0.2) is 32.1 Å². The van der Waals surface area contributed by atoms with Crippen LogP contribution in [0.4, 0.5) is 10.1 Å². The minimum atomic E-state index is -3.95. The first kappa shape index (κ1) is 17.5. The Morgan fingerprint density at radius 2 is 2.10 bits per heavy atom. The third-order valence-electron chi connectivity index (χ3n) is 2.63. The smallest absolute Gasteiger partial charge is 0.243 e. The Labute approximate surface area is 123 Å². The van der Waals surface area contributed by atoms with Crippen LogP contribution in [0, 0.1) is 5.82 Å². The van der Waals surface area contributed by atoms with E-state index in [1.807, 2.05) is 0 Å². The zero-order valence-electron chi connectivity index (χ0n) is 11.9. The van der Waals surface area contributed by atoms with Crippen LogP contribution in [0.5, 0.6) is 0 Å². The van der Waals surface area contributed by atoms with E-state index in [4.69, 9.17) is 5.11 Å². The number of hydrogen-bond donors (Lipinski definition) is 3. The summed E-state index contributed by atoms with van der Waals surface area (Å²) in [7, 11) is -3.95. The van der Waals surface area contributed by atoms with Crippen LogP contribution in [0.2, 0.25) is 0 Å². The normalized spacial score (nSPS) is 13.0. The van der Waals surface area contributed by atoms with Gasteiger partial charge in [-0.15, -0.1) is 0 Å². The lowest BCUT2D eigenvalue weighted by atomic mass is 10.2. The van der Waals surface area contributed by atoms with Crippen LogP contribution in [0.1, 0.15) is 26.7 Å². The number of carbonyl (C=O) groups is 1. The van der Waals surface area contributed by atoms with E-state index in [-0.39, 0.29) is 18.1 Å². The average molecular weight is 318 g/mol. The standard InChI is InChI=1S/C13H19FN2O4S/c1-9(17)4-3-7-15-21(19,20)13-6-5-11(8-12(13)14)16-10(2)18/h5-6,8-9,15,17H,3-4,7H2,1-2H3,(H,16,18). The molecule has 1 aromatic rings. The fourth-order valence-electron chi connectivity index (χ4n) is 1.68. The number of sulfonamides is 1. The Bertz CT molecular complexity index is 602. The molecule has 21 heavy (non-hydrogen) atoms. The van der Waals surface area contributed by atoms with Crippen molar-refractivity contribution in [3.63, 3.8) is 0 Å². The molecule has 8 heteroatoms. The molecule has 0 spiro atoms. The molecule has 1 amide bonds. The van der Waals surface area contributed by atoms with Crippen LogP contribution < -0.4 is 10.0 Å². The van der Waals surface area contributed by atoms with E-state index in [9.17, 15) is 17.6 Å². The second-order valence-electron chi connectivity index (χ2n) is 4.72. The van der Waals surface area contributed by atoms with E-state index in [0.29, 0.717) is 12.8 Å². The van der Waals surface area contributed by atoms with Crippen molar-refractivity contribution in [3.8, 4) is 0 Å². The molecule has 0 heterocycles. The first-order chi connectivity index (χ1) is 9.72. The highest BCUT2D eigenvalue weighted by atomic mass is 32.2. The molecular formula is C13H19FN2O4S. The Morgan fingerprint density at radius 1 is 1.43 bits per heavy atom. The summed E-state index contributed by atoms with van der Waals surface area (Å²) in [5.41, 5.74) is 0.188. The summed E-state index contributed by atoms with van der Waals surface area (Å²) < 4.78 is 39.9. The van der Waals surface area contributed by atoms with Gasteiger partial charge in [-0.1, -0.05) is 0 Å². The lowest BCUT2D eigenvalue weighted by Crippen LogP contribution is -2.26. The molecule has 0 fully saturated rings. The van der Waals surface area contributed by atoms with Gasteiger partial charge < -0.3 is 10.4 Å². The first-order valence-corrected chi connectivity index (χ1v) is 7.95. The van der Waals surface area contributed by atoms with Crippen LogP contribution in [0.15, 0.2) is 23.1 Å². The molecule has 0 saturated heterocycles. The van der Waals surface area contributed by atoms with Gasteiger partial charge in [-0.05, 0) is 38.0 Å². The molecule has 1 unspecified atom stereocenters. The molecule has 0 bridgehead atoms. The molecule has 0 aliphatic rings. The maximum atomic E-state index is 13.8. The van der Waals surface area contributed by atoms with Gasteiger partial charge in [-0.3, -0.25) is 4.79 Å². The van der Waals surface area contributed by atoms with Gasteiger partial charge in [0.15, 0.2) is 0 Å². The Balaban J connectivity index is 2.76. The van der Waals surface area contributed by atoms with Gasteiger partial charge in [-0.25, -0.2) is 17.5 Å². The number of amides is 1. The molecule has 0 radical (unpaired) electrons. The van der Waals surface area contributed by atoms with E-state index >= 15 is 0 Å². The third-order valence-corrected chi connectivity index (χ3v) is 4.13. The zero-order valence-corrected chi connectivity index (χ0v) is 12.7. The molecule has 6 nitrogen and oxygen atoms in total. The second kappa shape index (κ2) is 7.48. The fourth-order valence-corrected chi connectivity index (χ4v) is 2.81. The number of anilines is 1. The van der Waals surface area contributed by atoms with Crippen LogP contribution >= 0.6 is 0 Å². The van der Waals surface area contributed by atoms with Gasteiger partial charge in [0, 0.05) is 19.2 Å². The minimum absolute atomic E-state index is 0.111. The largest absolute Gasteiger partial charge is 0.393 e. The van der Waals surface area contributed by atoms with Gasteiger partial charge in [0.1, 0.15) is 10.7 Å². The van der Waals surface area contributed by atoms with E-state index in [2.05, 4.69) is 10.0 Å². The topological polar surface area (TPSA) is 95.5 Å². The first-order valence-electron chi connectivity index (χ1n) is 6.47. The van der Waals surface area contributed by atoms with Crippen molar-refractivity contribution < 1.29 is 22.7 Å². The number of aliphatic hydroxyl groups excluding tert-OH is 1. The van der Waals surface area contributed by atoms with E-state index < -0.39 is 26.8 Å². The average Bonchev–Trinajstić information content (AvgIpc) is 2.33. The summed E-state index contributed by atoms with van der Waals surface area (Å²) in [6.45, 7) is 2.99. The summed E-state index contributed by atoms with van der Waals surface area (Å²) in [6, 6.07) is 3.36. The van der Waals surface area contributed by atoms with Crippen LogP contribution in [-0.2, 0) is 14.8 Å². The van der Waals surface area contributed by atoms with Gasteiger partial charge in [0.05, 0.1) is 6.10 Å². The molecule has 0 aliphatic carbocycles. The zero-order chi connectivity index (χ0) is 16.0. The highest BCUT2D eigenvalue weighted by molar-refractivity contribution is 7.89. The van der Waals surface area contributed by atoms with Crippen molar-refractivity contribution in [2.45, 2.75) is 37.7 Å². The number of halogens is 1. The molecule has 1 rings (SSSR count). The molecule has 0 aliphatic heterocycles. The summed E-state index contributed by atoms with van der Waals surface area (Å²) >= 11 is 0. The number of rotatable bonds is 7. The molecule has 0 saturated carbocycles. The summed E-state index contributed by atoms with van der Waals surface area (Å²) in [5.74, 6) is -1.31. The van der Waals surface area contributed by atoms with E-state index in [0.717, 1.165) is 12.1 Å². The Kier molecular flexibility index (Phi) is 6.25. The summed E-state index contributed by atoms with van der Waals surface area (Å²) in [5, 5.41) is 11.4. The predicted octanol–water partition coefficient (Wildman–Crippen LogP) is 1.22. The van der Waals surface area contributed by atoms with E-state index in [1.165, 1.54) is 13.0 Å². The van der Waals surface area contributed by atoms with Gasteiger partial charge >= 0.3 is 0 Å². The monoisotopic (exact) mass is 318 g/mol. The lowest BCUT2D eigenvalue weighted by molar-refractivity contribution is -0.114. The third kappa shape index (κ3) is 5.78. The highest BCUT2D eigenvalue weighted by Gasteiger charge is 2.19. The quantitative estimate of drug-likeness (QED) is 0.659. The van der Waals surface area contributed by atoms with Gasteiger partial charge in [0.2, 0.25) is 15.9 Å². The summed E-state index contributed by atoms with van der Waals surface area (Å²) in [6.07, 6.45) is 0.387. The molecule has 3 N–H and O–H groups in total. The van der Waals surface area contributed by atoms with Gasteiger partial charge in [0.25, 0.3) is 0 Å². The molecular weight excluding hydrogens is 299 g/mol. The Morgan fingerprint density at radius 3 is 2.62 bits per heavy atom. The maximum Gasteiger partial charge on any atom is 0.243 e. The van der Waals surface area contributed by atoms with Crippen molar-refractivity contribution in [2.24, 2.45) is 0 Å². The number of nitrogens with one attached hydrogen (secondary N) is 2. The highest BCUT2D eigenvalue weighted by Crippen LogP contribution is 2.19. The SMILES string of the molecule is CC(=O)Nc1ccc(S(=O)(=O)NCCCC(C)O)c(F)c1. The fraction of sp³-hybridized carbons (Fsp3) is 0.462. The number of benzene rings is 1. The van der Waals surface area contributed by atoms with Crippen LogP contribution in [0.25, 0.3) is 0 Å². The second-order valence-corrected chi connectivity index (χ2v) is 6.45. The van der Waals surface area contributed by atoms with E-state index in [1.54, 1.807) is 6.92 Å². The minimum Gasteiger partial charge on any atom is -0.393 e. The maximum absolute atomic E-state index is 13.8. The molecule has 1 atom stereocenters. The van der Waals surface area contributed by atoms with Gasteiger partial charge in [-0.2, -0.15) is 0 Å². The lowest BCUT2D eigenvalue weighted by Gasteiger charge is -2.10. The number of aliphatic hydroxyl groups is 1. The Hall–Kier alpha value is -1.51. The van der Waals surface area contributed by atoms with Crippen molar-refractivity contribution in [2.75, 3.05) is 11.9 Å². The predicted molar refractivity (Wildman–Crippen MR) is 76.8 cm³/mol. The molecule has 1 aromatic carbocycles. The summed E-state index contributed by atoms with van der Waals surface area (Å²) in [4.78, 5) is 10.4. The van der Waals surface area contributed by atoms with Crippen molar-refractivity contribution in [3.05, 3.63) is 24.0 Å². The van der Waals surface area contributed by atoms with Crippen LogP contribution in [0.3, 0.4) is 0 Å². The van der Waals surface area contributed by atoms with Crippen molar-refractivity contribution in [1.29, 1.82) is 0 Å². The molecule has 118 valence electrons. The number of hydrogen-bond acceptors (Lipinski definition) is 4.